The van der Waals surface area contributed by atoms with Crippen LogP contribution in [0.2, 0.25) is 0 Å². The Morgan fingerprint density at radius 2 is 0.843 bits per heavy atom. The van der Waals surface area contributed by atoms with Crippen molar-refractivity contribution in [3.63, 3.8) is 0 Å². The van der Waals surface area contributed by atoms with Crippen molar-refractivity contribution in [2.24, 2.45) is 0 Å². The van der Waals surface area contributed by atoms with Gasteiger partial charge in [0.05, 0.1) is 16.6 Å². The van der Waals surface area contributed by atoms with Gasteiger partial charge in [-0.1, -0.05) is 140 Å². The average molecular weight is 668 g/mol. The van der Waals surface area contributed by atoms with Crippen LogP contribution in [0.4, 0.5) is 0 Å². The van der Waals surface area contributed by atoms with Gasteiger partial charge in [-0.05, 0) is 75.3 Å². The van der Waals surface area contributed by atoms with E-state index in [9.17, 15) is 0 Å². The lowest BCUT2D eigenvalue weighted by Gasteiger charge is -2.35. The standard InChI is InChI=1S/C47H33N3Si/c1-4-16-34(17-5-1)50-46-33-39(29-30-42(46)43-26-15-31-48-47(43)50)51(36-19-6-2-7-20-36,37-21-8-3-9-22-37)38-23-14-18-35(32-38)49-44-27-12-10-24-40(44)41-25-11-13-28-45(41)49/h1-33H. The SMILES string of the molecule is c1ccc(-n2c3cc([Si](c4ccccc4)(c4ccccc4)c4cccc(-n5c6ccccc6c6ccccc65)c4)ccc3c3cccnc32)cc1. The van der Waals surface area contributed by atoms with Crippen LogP contribution in [0.3, 0.4) is 0 Å². The van der Waals surface area contributed by atoms with Crippen LogP contribution < -0.4 is 20.7 Å². The lowest BCUT2D eigenvalue weighted by Crippen LogP contribution is -2.74. The van der Waals surface area contributed by atoms with Crippen molar-refractivity contribution < 1.29 is 0 Å². The maximum atomic E-state index is 4.92. The van der Waals surface area contributed by atoms with Gasteiger partial charge in [0.25, 0.3) is 0 Å². The second-order valence-corrected chi connectivity index (χ2v) is 17.0. The van der Waals surface area contributed by atoms with E-state index in [0.717, 1.165) is 27.9 Å². The number of fused-ring (bicyclic) bond motifs is 6. The van der Waals surface area contributed by atoms with E-state index in [2.05, 4.69) is 197 Å². The molecule has 3 heterocycles. The molecule has 3 nitrogen and oxygen atoms in total. The van der Waals surface area contributed by atoms with Crippen molar-refractivity contribution >= 4 is 72.6 Å². The molecule has 3 aromatic heterocycles. The van der Waals surface area contributed by atoms with Gasteiger partial charge in [0, 0.05) is 39.1 Å². The zero-order valence-electron chi connectivity index (χ0n) is 27.9. The highest BCUT2D eigenvalue weighted by atomic mass is 28.3. The Balaban J connectivity index is 1.32. The number of hydrogen-bond donors (Lipinski definition) is 0. The third-order valence-corrected chi connectivity index (χ3v) is 15.3. The maximum absolute atomic E-state index is 4.92. The van der Waals surface area contributed by atoms with Crippen molar-refractivity contribution in [2.45, 2.75) is 0 Å². The first kappa shape index (κ1) is 29.4. The lowest BCUT2D eigenvalue weighted by atomic mass is 10.2. The van der Waals surface area contributed by atoms with Crippen LogP contribution in [0.15, 0.2) is 200 Å². The normalized spacial score (nSPS) is 11.9. The Morgan fingerprint density at radius 3 is 1.51 bits per heavy atom. The van der Waals surface area contributed by atoms with Crippen molar-refractivity contribution in [3.8, 4) is 11.4 Å². The van der Waals surface area contributed by atoms with E-state index < -0.39 is 8.07 Å². The monoisotopic (exact) mass is 667 g/mol. The molecule has 0 N–H and O–H groups in total. The second kappa shape index (κ2) is 11.8. The molecule has 0 saturated heterocycles. The predicted molar refractivity (Wildman–Crippen MR) is 217 cm³/mol. The summed E-state index contributed by atoms with van der Waals surface area (Å²) >= 11 is 0. The van der Waals surface area contributed by atoms with E-state index in [1.54, 1.807) is 0 Å². The Hall–Kier alpha value is -6.49. The quantitative estimate of drug-likeness (QED) is 0.129. The molecule has 240 valence electrons. The largest absolute Gasteiger partial charge is 0.309 e. The fourth-order valence-corrected chi connectivity index (χ4v) is 13.2. The molecule has 10 rings (SSSR count). The highest BCUT2D eigenvalue weighted by Gasteiger charge is 2.42. The van der Waals surface area contributed by atoms with Gasteiger partial charge in [-0.25, -0.2) is 4.98 Å². The minimum atomic E-state index is -2.92. The number of nitrogens with zero attached hydrogens (tertiary/aromatic N) is 3. The van der Waals surface area contributed by atoms with Crippen LogP contribution in [-0.2, 0) is 0 Å². The van der Waals surface area contributed by atoms with E-state index in [1.807, 2.05) is 12.3 Å². The second-order valence-electron chi connectivity index (χ2n) is 13.2. The summed E-state index contributed by atoms with van der Waals surface area (Å²) in [5.74, 6) is 0. The topological polar surface area (TPSA) is 22.8 Å². The first-order valence-corrected chi connectivity index (χ1v) is 19.5. The molecule has 0 aliphatic rings. The number of aromatic nitrogens is 3. The van der Waals surface area contributed by atoms with Gasteiger partial charge in [0.1, 0.15) is 5.65 Å². The van der Waals surface area contributed by atoms with Gasteiger partial charge >= 0.3 is 0 Å². The Labute approximate surface area is 297 Å². The minimum Gasteiger partial charge on any atom is -0.309 e. The molecular formula is C47H33N3Si. The van der Waals surface area contributed by atoms with Crippen LogP contribution in [-0.4, -0.2) is 22.2 Å². The summed E-state index contributed by atoms with van der Waals surface area (Å²) in [6.07, 6.45) is 1.90. The van der Waals surface area contributed by atoms with E-state index in [4.69, 9.17) is 4.98 Å². The van der Waals surface area contributed by atoms with Crippen molar-refractivity contribution in [1.29, 1.82) is 0 Å². The molecule has 0 radical (unpaired) electrons. The van der Waals surface area contributed by atoms with Crippen LogP contribution >= 0.6 is 0 Å². The molecule has 0 aliphatic carbocycles. The zero-order valence-corrected chi connectivity index (χ0v) is 28.9. The van der Waals surface area contributed by atoms with Gasteiger partial charge in [0.2, 0.25) is 0 Å². The lowest BCUT2D eigenvalue weighted by molar-refractivity contribution is 1.14. The van der Waals surface area contributed by atoms with Gasteiger partial charge in [-0.15, -0.1) is 0 Å². The third kappa shape index (κ3) is 4.47. The molecule has 0 aliphatic heterocycles. The van der Waals surface area contributed by atoms with E-state index in [0.29, 0.717) is 0 Å². The number of rotatable bonds is 6. The summed E-state index contributed by atoms with van der Waals surface area (Å²) in [4.78, 5) is 4.92. The minimum absolute atomic E-state index is 0.968. The number of benzene rings is 7. The third-order valence-electron chi connectivity index (χ3n) is 10.5. The van der Waals surface area contributed by atoms with Crippen LogP contribution in [0.25, 0.3) is 55.1 Å². The molecule has 4 heteroatoms. The average Bonchev–Trinajstić information content (AvgIpc) is 3.72. The summed E-state index contributed by atoms with van der Waals surface area (Å²) in [5.41, 5.74) is 6.82. The first-order chi connectivity index (χ1) is 25.3. The summed E-state index contributed by atoms with van der Waals surface area (Å²) in [5, 5.41) is 10.2. The van der Waals surface area contributed by atoms with Gasteiger partial charge in [-0.3, -0.25) is 4.57 Å². The predicted octanol–water partition coefficient (Wildman–Crippen LogP) is 8.65. The Kier molecular flexibility index (Phi) is 6.83. The number of para-hydroxylation sites is 3. The van der Waals surface area contributed by atoms with E-state index in [-0.39, 0.29) is 0 Å². The molecule has 0 bridgehead atoms. The van der Waals surface area contributed by atoms with Crippen LogP contribution in [0.5, 0.6) is 0 Å². The van der Waals surface area contributed by atoms with Crippen molar-refractivity contribution in [3.05, 3.63) is 200 Å². The molecule has 10 aromatic rings. The molecule has 7 aromatic carbocycles. The zero-order chi connectivity index (χ0) is 33.8. The number of pyridine rings is 1. The summed E-state index contributed by atoms with van der Waals surface area (Å²) in [6.45, 7) is 0. The van der Waals surface area contributed by atoms with Crippen molar-refractivity contribution in [1.82, 2.24) is 14.1 Å². The molecule has 0 atom stereocenters. The van der Waals surface area contributed by atoms with Crippen LogP contribution in [0.1, 0.15) is 0 Å². The summed E-state index contributed by atoms with van der Waals surface area (Å²) in [7, 11) is -2.92. The summed E-state index contributed by atoms with van der Waals surface area (Å²) in [6, 6.07) is 71.3. The van der Waals surface area contributed by atoms with E-state index in [1.165, 1.54) is 47.9 Å². The molecule has 0 spiro atoms. The maximum Gasteiger partial charge on any atom is 0.179 e. The summed E-state index contributed by atoms with van der Waals surface area (Å²) < 4.78 is 4.77. The Bertz CT molecular complexity index is 2760. The molecule has 0 saturated carbocycles. The fourth-order valence-electron chi connectivity index (χ4n) is 8.37. The molecule has 0 amide bonds. The molecular weight excluding hydrogens is 635 g/mol. The molecule has 0 fully saturated rings. The highest BCUT2D eigenvalue weighted by molar-refractivity contribution is 7.20. The van der Waals surface area contributed by atoms with Crippen LogP contribution in [0, 0.1) is 0 Å². The van der Waals surface area contributed by atoms with Crippen molar-refractivity contribution in [2.75, 3.05) is 0 Å². The molecule has 51 heavy (non-hydrogen) atoms. The smallest absolute Gasteiger partial charge is 0.179 e. The number of hydrogen-bond acceptors (Lipinski definition) is 1. The van der Waals surface area contributed by atoms with Gasteiger partial charge < -0.3 is 4.57 Å². The highest BCUT2D eigenvalue weighted by Crippen LogP contribution is 2.33. The van der Waals surface area contributed by atoms with Gasteiger partial charge in [0.15, 0.2) is 8.07 Å². The van der Waals surface area contributed by atoms with E-state index >= 15 is 0 Å². The first-order valence-electron chi connectivity index (χ1n) is 17.5. The fraction of sp³-hybridized carbons (Fsp3) is 0. The Morgan fingerprint density at radius 1 is 0.333 bits per heavy atom. The molecule has 0 unspecified atom stereocenters. The van der Waals surface area contributed by atoms with Gasteiger partial charge in [-0.2, -0.15) is 0 Å².